The van der Waals surface area contributed by atoms with Gasteiger partial charge in [-0.25, -0.2) is 14.6 Å². The molecule has 0 saturated heterocycles. The van der Waals surface area contributed by atoms with Gasteiger partial charge in [0.05, 0.1) is 12.2 Å². The van der Waals surface area contributed by atoms with Crippen molar-refractivity contribution in [3.8, 4) is 11.4 Å². The van der Waals surface area contributed by atoms with E-state index in [1.54, 1.807) is 11.2 Å². The summed E-state index contributed by atoms with van der Waals surface area (Å²) in [6, 6.07) is 7.28. The second-order valence-electron chi connectivity index (χ2n) is 9.36. The van der Waals surface area contributed by atoms with Gasteiger partial charge in [-0.05, 0) is 46.8 Å². The summed E-state index contributed by atoms with van der Waals surface area (Å²) in [6.45, 7) is 10.6. The molecule has 0 unspecified atom stereocenters. The number of amides is 3. The van der Waals surface area contributed by atoms with Crippen molar-refractivity contribution >= 4 is 34.3 Å². The van der Waals surface area contributed by atoms with Gasteiger partial charge in [-0.3, -0.25) is 5.32 Å². The van der Waals surface area contributed by atoms with Gasteiger partial charge in [0.15, 0.2) is 11.0 Å². The number of hydrogen-bond donors (Lipinski definition) is 2. The number of carbonyl (C=O) groups excluding carboxylic acids is 2. The molecule has 0 aliphatic carbocycles. The Labute approximate surface area is 202 Å². The minimum absolute atomic E-state index is 0.215. The highest BCUT2D eigenvalue weighted by Crippen LogP contribution is 2.29. The maximum Gasteiger partial charge on any atom is 0.410 e. The monoisotopic (exact) mass is 483 g/mol. The summed E-state index contributed by atoms with van der Waals surface area (Å²) in [7, 11) is 0. The van der Waals surface area contributed by atoms with Gasteiger partial charge in [0, 0.05) is 35.1 Å². The highest BCUT2D eigenvalue weighted by molar-refractivity contribution is 7.15. The molecule has 0 fully saturated rings. The van der Waals surface area contributed by atoms with Crippen LogP contribution in [0.1, 0.15) is 51.2 Å². The fourth-order valence-corrected chi connectivity index (χ4v) is 4.57. The Morgan fingerprint density at radius 2 is 2.00 bits per heavy atom. The highest BCUT2D eigenvalue weighted by Gasteiger charge is 2.28. The zero-order valence-corrected chi connectivity index (χ0v) is 20.8. The van der Waals surface area contributed by atoms with Crippen LogP contribution in [-0.4, -0.2) is 48.9 Å². The predicted octanol–water partition coefficient (Wildman–Crippen LogP) is 4.92. The number of hydrogen-bond acceptors (Lipinski definition) is 7. The van der Waals surface area contributed by atoms with E-state index in [-0.39, 0.29) is 12.1 Å². The van der Waals surface area contributed by atoms with E-state index in [1.807, 2.05) is 49.6 Å². The van der Waals surface area contributed by atoms with Crippen LogP contribution in [0.5, 0.6) is 0 Å². The van der Waals surface area contributed by atoms with Crippen molar-refractivity contribution in [1.82, 2.24) is 24.6 Å². The molecule has 1 aliphatic rings. The molecule has 1 aromatic carbocycles. The lowest BCUT2D eigenvalue weighted by molar-refractivity contribution is 0.0225. The summed E-state index contributed by atoms with van der Waals surface area (Å²) in [5.41, 5.74) is 1.84. The van der Waals surface area contributed by atoms with Crippen LogP contribution in [0.3, 0.4) is 0 Å². The number of benzene rings is 1. The molecule has 3 amide bonds. The normalized spacial score (nSPS) is 13.5. The van der Waals surface area contributed by atoms with Crippen molar-refractivity contribution in [3.63, 3.8) is 0 Å². The SMILES string of the molecule is CC(C)n1cnnc1-c1cccc(NC(=O)Nc2nc3c(s2)CN(C(=O)OC(C)(C)C)CC3)c1. The van der Waals surface area contributed by atoms with Crippen molar-refractivity contribution in [2.75, 3.05) is 17.2 Å². The van der Waals surface area contributed by atoms with Crippen LogP contribution in [0.15, 0.2) is 30.6 Å². The fourth-order valence-electron chi connectivity index (χ4n) is 3.55. The number of nitrogens with one attached hydrogen (secondary N) is 2. The van der Waals surface area contributed by atoms with Crippen molar-refractivity contribution < 1.29 is 14.3 Å². The molecule has 10 nitrogen and oxygen atoms in total. The molecule has 180 valence electrons. The topological polar surface area (TPSA) is 114 Å². The summed E-state index contributed by atoms with van der Waals surface area (Å²) >= 11 is 1.37. The molecule has 0 bridgehead atoms. The average Bonchev–Trinajstić information content (AvgIpc) is 3.38. The third-order valence-electron chi connectivity index (χ3n) is 5.11. The predicted molar refractivity (Wildman–Crippen MR) is 131 cm³/mol. The molecule has 4 rings (SSSR count). The molecule has 0 radical (unpaired) electrons. The standard InChI is InChI=1S/C23H29N7O3S/c1-14(2)30-13-24-28-19(30)15-7-6-8-16(11-15)25-20(31)27-21-26-17-9-10-29(12-18(17)34-21)22(32)33-23(3,4)5/h6-8,11,13-14H,9-10,12H2,1-5H3,(H2,25,26,27,31). The minimum atomic E-state index is -0.544. The summed E-state index contributed by atoms with van der Waals surface area (Å²) in [6.07, 6.45) is 1.97. The van der Waals surface area contributed by atoms with Crippen molar-refractivity contribution in [2.45, 2.75) is 59.2 Å². The molecule has 11 heteroatoms. The Balaban J connectivity index is 1.40. The summed E-state index contributed by atoms with van der Waals surface area (Å²) < 4.78 is 7.44. The third kappa shape index (κ3) is 5.53. The molecule has 3 aromatic rings. The Kier molecular flexibility index (Phi) is 6.56. The molecule has 3 heterocycles. The largest absolute Gasteiger partial charge is 0.444 e. The van der Waals surface area contributed by atoms with Crippen molar-refractivity contribution in [3.05, 3.63) is 41.2 Å². The van der Waals surface area contributed by atoms with Gasteiger partial charge >= 0.3 is 12.1 Å². The Morgan fingerprint density at radius 1 is 1.21 bits per heavy atom. The molecular weight excluding hydrogens is 454 g/mol. The first-order chi connectivity index (χ1) is 16.1. The van der Waals surface area contributed by atoms with Gasteiger partial charge in [-0.1, -0.05) is 23.5 Å². The zero-order valence-electron chi connectivity index (χ0n) is 20.0. The number of nitrogens with zero attached hydrogens (tertiary/aromatic N) is 5. The minimum Gasteiger partial charge on any atom is -0.444 e. The van der Waals surface area contributed by atoms with E-state index in [0.29, 0.717) is 30.3 Å². The smallest absolute Gasteiger partial charge is 0.410 e. The number of carbonyl (C=O) groups is 2. The van der Waals surface area contributed by atoms with E-state index < -0.39 is 11.6 Å². The number of aromatic nitrogens is 4. The lowest BCUT2D eigenvalue weighted by Crippen LogP contribution is -2.39. The second kappa shape index (κ2) is 9.41. The van der Waals surface area contributed by atoms with Gasteiger partial charge in [0.25, 0.3) is 0 Å². The molecule has 1 aliphatic heterocycles. The Bertz CT molecular complexity index is 1200. The van der Waals surface area contributed by atoms with Gasteiger partial charge in [-0.15, -0.1) is 10.2 Å². The molecule has 0 spiro atoms. The Hall–Kier alpha value is -3.47. The lowest BCUT2D eigenvalue weighted by Gasteiger charge is -2.29. The number of anilines is 2. The van der Waals surface area contributed by atoms with Crippen LogP contribution in [0.4, 0.5) is 20.4 Å². The summed E-state index contributed by atoms with van der Waals surface area (Å²) in [5.74, 6) is 0.737. The lowest BCUT2D eigenvalue weighted by atomic mass is 10.2. The van der Waals surface area contributed by atoms with Crippen molar-refractivity contribution in [2.24, 2.45) is 0 Å². The number of ether oxygens (including phenoxy) is 1. The second-order valence-corrected chi connectivity index (χ2v) is 10.4. The van der Waals surface area contributed by atoms with E-state index in [2.05, 4.69) is 39.7 Å². The first-order valence-corrected chi connectivity index (χ1v) is 11.9. The van der Waals surface area contributed by atoms with E-state index in [1.165, 1.54) is 11.3 Å². The first-order valence-electron chi connectivity index (χ1n) is 11.1. The van der Waals surface area contributed by atoms with Crippen LogP contribution in [0.25, 0.3) is 11.4 Å². The van der Waals surface area contributed by atoms with Crippen LogP contribution >= 0.6 is 11.3 Å². The molecule has 34 heavy (non-hydrogen) atoms. The van der Waals surface area contributed by atoms with E-state index >= 15 is 0 Å². The maximum absolute atomic E-state index is 12.6. The number of fused-ring (bicyclic) bond motifs is 1. The van der Waals surface area contributed by atoms with Crippen LogP contribution in [0, 0.1) is 0 Å². The van der Waals surface area contributed by atoms with E-state index in [4.69, 9.17) is 4.74 Å². The molecular formula is C23H29N7O3S. The van der Waals surface area contributed by atoms with E-state index in [9.17, 15) is 9.59 Å². The molecule has 0 atom stereocenters. The van der Waals surface area contributed by atoms with Gasteiger partial charge in [0.1, 0.15) is 11.9 Å². The summed E-state index contributed by atoms with van der Waals surface area (Å²) in [5, 5.41) is 14.4. The molecule has 2 N–H and O–H groups in total. The van der Waals surface area contributed by atoms with Crippen LogP contribution in [-0.2, 0) is 17.7 Å². The van der Waals surface area contributed by atoms with Gasteiger partial charge in [0.2, 0.25) is 0 Å². The average molecular weight is 484 g/mol. The van der Waals surface area contributed by atoms with Crippen LogP contribution < -0.4 is 10.6 Å². The summed E-state index contributed by atoms with van der Waals surface area (Å²) in [4.78, 5) is 32.2. The fraction of sp³-hybridized carbons (Fsp3) is 0.435. The molecule has 2 aromatic heterocycles. The van der Waals surface area contributed by atoms with Crippen LogP contribution in [0.2, 0.25) is 0 Å². The van der Waals surface area contributed by atoms with Gasteiger partial charge < -0.3 is 19.5 Å². The van der Waals surface area contributed by atoms with Crippen molar-refractivity contribution in [1.29, 1.82) is 0 Å². The molecule has 0 saturated carbocycles. The first kappa shape index (κ1) is 23.7. The number of rotatable bonds is 4. The zero-order chi connectivity index (χ0) is 24.5. The quantitative estimate of drug-likeness (QED) is 0.544. The van der Waals surface area contributed by atoms with Gasteiger partial charge in [-0.2, -0.15) is 0 Å². The van der Waals surface area contributed by atoms with E-state index in [0.717, 1.165) is 22.0 Å². The Morgan fingerprint density at radius 3 is 2.74 bits per heavy atom. The maximum atomic E-state index is 12.6. The number of urea groups is 1. The highest BCUT2D eigenvalue weighted by atomic mass is 32.1. The third-order valence-corrected chi connectivity index (χ3v) is 6.11. The number of thiazole rings is 1.